The Bertz CT molecular complexity index is 527. The van der Waals surface area contributed by atoms with Crippen molar-refractivity contribution in [2.24, 2.45) is 0 Å². The minimum Gasteiger partial charge on any atom is -0.316 e. The van der Waals surface area contributed by atoms with E-state index in [0.717, 1.165) is 31.5 Å². The van der Waals surface area contributed by atoms with Crippen LogP contribution in [-0.2, 0) is 6.42 Å². The van der Waals surface area contributed by atoms with Crippen LogP contribution >= 0.6 is 11.6 Å². The molecule has 0 heterocycles. The molecule has 0 bridgehead atoms. The quantitative estimate of drug-likeness (QED) is 0.495. The average molecular weight is 347 g/mol. The largest absolute Gasteiger partial charge is 0.316 e. The van der Waals surface area contributed by atoms with Gasteiger partial charge in [0, 0.05) is 11.2 Å². The van der Waals surface area contributed by atoms with Crippen molar-refractivity contribution in [3.63, 3.8) is 0 Å². The minimum atomic E-state index is 0.710. The molecule has 2 rings (SSSR count). The Hall–Kier alpha value is -1.64. The second-order valence-electron chi connectivity index (χ2n) is 5.09. The number of nitrogens with one attached hydrogen (secondary N) is 2. The molecule has 0 aliphatic carbocycles. The molecule has 0 aromatic heterocycles. The summed E-state index contributed by atoms with van der Waals surface area (Å²) in [5.41, 5.74) is 3.33. The van der Waals surface area contributed by atoms with Crippen molar-refractivity contribution in [2.45, 2.75) is 40.5 Å². The summed E-state index contributed by atoms with van der Waals surface area (Å²) < 4.78 is 0. The first-order valence-electron chi connectivity index (χ1n) is 8.69. The summed E-state index contributed by atoms with van der Waals surface area (Å²) in [5.74, 6) is 0. The lowest BCUT2D eigenvalue weighted by atomic mass is 9.99. The van der Waals surface area contributed by atoms with E-state index in [1.807, 2.05) is 69.3 Å². The van der Waals surface area contributed by atoms with Crippen molar-refractivity contribution in [1.82, 2.24) is 5.32 Å². The summed E-state index contributed by atoms with van der Waals surface area (Å²) >= 11 is 5.97. The van der Waals surface area contributed by atoms with E-state index in [9.17, 15) is 0 Å². The summed E-state index contributed by atoms with van der Waals surface area (Å²) in [6, 6.07) is 15.8. The molecule has 0 unspecified atom stereocenters. The van der Waals surface area contributed by atoms with Crippen molar-refractivity contribution < 1.29 is 0 Å². The van der Waals surface area contributed by atoms with E-state index in [2.05, 4.69) is 12.2 Å². The molecule has 3 heteroatoms. The molecule has 0 radical (unpaired) electrons. The van der Waals surface area contributed by atoms with Crippen molar-refractivity contribution in [3.05, 3.63) is 70.2 Å². The predicted molar refractivity (Wildman–Crippen MR) is 109 cm³/mol. The van der Waals surface area contributed by atoms with Crippen LogP contribution in [0.4, 0.5) is 0 Å². The number of halogens is 1. The SMILES string of the molecule is CC.CCCNCCc1c(C)cc(Cl)cc1C=N.c1ccccc1. The van der Waals surface area contributed by atoms with E-state index in [-0.39, 0.29) is 0 Å². The highest BCUT2D eigenvalue weighted by Gasteiger charge is 2.05. The van der Waals surface area contributed by atoms with Crippen LogP contribution in [0, 0.1) is 12.3 Å². The monoisotopic (exact) mass is 346 g/mol. The first-order chi connectivity index (χ1) is 11.7. The lowest BCUT2D eigenvalue weighted by Crippen LogP contribution is -2.18. The molecule has 0 saturated heterocycles. The molecule has 0 saturated carbocycles. The van der Waals surface area contributed by atoms with Crippen LogP contribution in [0.1, 0.15) is 43.9 Å². The van der Waals surface area contributed by atoms with Crippen molar-refractivity contribution >= 4 is 17.8 Å². The number of rotatable bonds is 6. The molecule has 0 amide bonds. The molecule has 2 aromatic rings. The fraction of sp³-hybridized carbons (Fsp3) is 0.381. The van der Waals surface area contributed by atoms with Crippen molar-refractivity contribution in [2.75, 3.05) is 13.1 Å². The van der Waals surface area contributed by atoms with Crippen LogP contribution in [0.3, 0.4) is 0 Å². The summed E-state index contributed by atoms with van der Waals surface area (Å²) in [6.07, 6.45) is 3.48. The van der Waals surface area contributed by atoms with Gasteiger partial charge in [0.2, 0.25) is 0 Å². The fourth-order valence-corrected chi connectivity index (χ4v) is 2.45. The van der Waals surface area contributed by atoms with E-state index in [0.29, 0.717) is 5.02 Å². The smallest absolute Gasteiger partial charge is 0.0415 e. The van der Waals surface area contributed by atoms with Gasteiger partial charge in [-0.15, -0.1) is 0 Å². The van der Waals surface area contributed by atoms with Crippen molar-refractivity contribution in [3.8, 4) is 0 Å². The number of hydrogen-bond donors (Lipinski definition) is 2. The maximum absolute atomic E-state index is 7.39. The molecule has 2 nitrogen and oxygen atoms in total. The molecule has 0 atom stereocenters. The van der Waals surface area contributed by atoms with Crippen LogP contribution in [0.5, 0.6) is 0 Å². The predicted octanol–water partition coefficient (Wildman–Crippen LogP) is 5.90. The molecule has 0 aliphatic rings. The summed E-state index contributed by atoms with van der Waals surface area (Å²) in [4.78, 5) is 0. The van der Waals surface area contributed by atoms with Gasteiger partial charge in [0.1, 0.15) is 0 Å². The highest BCUT2D eigenvalue weighted by atomic mass is 35.5. The second-order valence-corrected chi connectivity index (χ2v) is 5.53. The average Bonchev–Trinajstić information content (AvgIpc) is 2.63. The van der Waals surface area contributed by atoms with Gasteiger partial charge in [-0.1, -0.05) is 68.8 Å². The van der Waals surface area contributed by atoms with Gasteiger partial charge in [-0.05, 0) is 61.7 Å². The normalized spacial score (nSPS) is 9.21. The van der Waals surface area contributed by atoms with Gasteiger partial charge in [-0.3, -0.25) is 0 Å². The maximum atomic E-state index is 7.39. The van der Waals surface area contributed by atoms with Crippen LogP contribution in [0.2, 0.25) is 5.02 Å². The van der Waals surface area contributed by atoms with E-state index in [4.69, 9.17) is 17.0 Å². The molecule has 2 aromatic carbocycles. The zero-order valence-corrected chi connectivity index (χ0v) is 16.2. The third kappa shape index (κ3) is 9.49. The number of benzene rings is 2. The lowest BCUT2D eigenvalue weighted by Gasteiger charge is -2.11. The number of aryl methyl sites for hydroxylation is 1. The minimum absolute atomic E-state index is 0.710. The van der Waals surface area contributed by atoms with Crippen LogP contribution in [0.15, 0.2) is 48.5 Å². The molecular formula is C21H31ClN2. The van der Waals surface area contributed by atoms with Crippen LogP contribution in [0.25, 0.3) is 0 Å². The molecule has 2 N–H and O–H groups in total. The Kier molecular flexibility index (Phi) is 13.9. The third-order valence-electron chi connectivity index (χ3n) is 3.27. The van der Waals surface area contributed by atoms with Gasteiger partial charge in [-0.25, -0.2) is 0 Å². The van der Waals surface area contributed by atoms with E-state index < -0.39 is 0 Å². The van der Waals surface area contributed by atoms with Gasteiger partial charge in [0.25, 0.3) is 0 Å². The van der Waals surface area contributed by atoms with Gasteiger partial charge >= 0.3 is 0 Å². The van der Waals surface area contributed by atoms with Gasteiger partial charge in [-0.2, -0.15) is 0 Å². The fourth-order valence-electron chi connectivity index (χ4n) is 2.17. The highest BCUT2D eigenvalue weighted by molar-refractivity contribution is 6.31. The highest BCUT2D eigenvalue weighted by Crippen LogP contribution is 2.19. The summed E-state index contributed by atoms with van der Waals surface area (Å²) in [5, 5.41) is 11.5. The lowest BCUT2D eigenvalue weighted by molar-refractivity contribution is 0.670. The standard InChI is InChI=1S/C13H19ClN2.C6H6.C2H6/c1-3-5-16-6-4-13-10(2)7-12(14)8-11(13)9-15;1-2-4-6-5-3-1;1-2/h7-9,15-16H,3-6H2,1-2H3;1-6H;1-2H3. The molecule has 0 fully saturated rings. The zero-order valence-electron chi connectivity index (χ0n) is 15.4. The molecular weight excluding hydrogens is 316 g/mol. The van der Waals surface area contributed by atoms with Crippen LogP contribution in [-0.4, -0.2) is 19.3 Å². The van der Waals surface area contributed by atoms with E-state index in [1.165, 1.54) is 17.3 Å². The van der Waals surface area contributed by atoms with Gasteiger partial charge in [0.05, 0.1) is 0 Å². The first kappa shape index (κ1) is 22.4. The Morgan fingerprint density at radius 3 is 2.00 bits per heavy atom. The Morgan fingerprint density at radius 2 is 1.54 bits per heavy atom. The summed E-state index contributed by atoms with van der Waals surface area (Å²) in [6.45, 7) is 10.2. The van der Waals surface area contributed by atoms with E-state index in [1.54, 1.807) is 0 Å². The summed E-state index contributed by atoms with van der Waals surface area (Å²) in [7, 11) is 0. The molecule has 0 aliphatic heterocycles. The molecule has 132 valence electrons. The van der Waals surface area contributed by atoms with Crippen LogP contribution < -0.4 is 5.32 Å². The Labute approximate surface area is 152 Å². The Balaban J connectivity index is 0.000000547. The maximum Gasteiger partial charge on any atom is 0.0415 e. The zero-order chi connectivity index (χ0) is 18.2. The van der Waals surface area contributed by atoms with Gasteiger partial charge < -0.3 is 10.7 Å². The molecule has 0 spiro atoms. The van der Waals surface area contributed by atoms with E-state index >= 15 is 0 Å². The first-order valence-corrected chi connectivity index (χ1v) is 9.07. The topological polar surface area (TPSA) is 35.9 Å². The third-order valence-corrected chi connectivity index (χ3v) is 3.49. The second kappa shape index (κ2) is 14.9. The van der Waals surface area contributed by atoms with Gasteiger partial charge in [0.15, 0.2) is 0 Å². The molecule has 24 heavy (non-hydrogen) atoms. The number of hydrogen-bond acceptors (Lipinski definition) is 2. The Morgan fingerprint density at radius 1 is 1.00 bits per heavy atom. The van der Waals surface area contributed by atoms with Crippen molar-refractivity contribution in [1.29, 1.82) is 5.41 Å².